The first kappa shape index (κ1) is 13.8. The number of allylic oxidation sites excluding steroid dienone is 1. The van der Waals surface area contributed by atoms with Gasteiger partial charge in [0.25, 0.3) is 0 Å². The van der Waals surface area contributed by atoms with E-state index in [-0.39, 0.29) is 11.6 Å². The highest BCUT2D eigenvalue weighted by Crippen LogP contribution is 2.41. The van der Waals surface area contributed by atoms with Crippen molar-refractivity contribution in [2.45, 2.75) is 44.9 Å². The van der Waals surface area contributed by atoms with Gasteiger partial charge in [0.2, 0.25) is 0 Å². The molecule has 2 heteroatoms. The molecule has 1 aromatic rings. The SMILES string of the molecule is CC(C)[C@H]1COC([C@@]2(C)C=CCc3ccccc32)N1C. The Morgan fingerprint density at radius 2 is 2.05 bits per heavy atom. The van der Waals surface area contributed by atoms with Gasteiger partial charge in [-0.2, -0.15) is 0 Å². The van der Waals surface area contributed by atoms with Crippen LogP contribution in [0, 0.1) is 5.92 Å². The molecule has 1 aliphatic carbocycles. The third-order valence-electron chi connectivity index (χ3n) is 5.00. The van der Waals surface area contributed by atoms with Crippen LogP contribution in [0.5, 0.6) is 0 Å². The molecular formula is C18H25NO. The maximum atomic E-state index is 6.21. The molecule has 0 spiro atoms. The van der Waals surface area contributed by atoms with Crippen molar-refractivity contribution in [3.63, 3.8) is 0 Å². The van der Waals surface area contributed by atoms with Crippen molar-refractivity contribution in [1.82, 2.24) is 4.90 Å². The molecular weight excluding hydrogens is 246 g/mol. The lowest BCUT2D eigenvalue weighted by Crippen LogP contribution is -2.48. The molecule has 108 valence electrons. The molecule has 1 saturated heterocycles. The van der Waals surface area contributed by atoms with Crippen molar-refractivity contribution in [1.29, 1.82) is 0 Å². The zero-order valence-corrected chi connectivity index (χ0v) is 13.0. The number of hydrogen-bond donors (Lipinski definition) is 0. The first-order chi connectivity index (χ1) is 9.54. The van der Waals surface area contributed by atoms with Crippen molar-refractivity contribution >= 4 is 0 Å². The van der Waals surface area contributed by atoms with E-state index in [0.29, 0.717) is 12.0 Å². The first-order valence-corrected chi connectivity index (χ1v) is 7.63. The van der Waals surface area contributed by atoms with Crippen LogP contribution in [-0.2, 0) is 16.6 Å². The summed E-state index contributed by atoms with van der Waals surface area (Å²) in [7, 11) is 2.21. The van der Waals surface area contributed by atoms with Gasteiger partial charge in [0.1, 0.15) is 6.23 Å². The molecule has 0 radical (unpaired) electrons. The minimum atomic E-state index is -0.0484. The summed E-state index contributed by atoms with van der Waals surface area (Å²) in [5.41, 5.74) is 2.80. The Hall–Kier alpha value is -1.12. The van der Waals surface area contributed by atoms with Crippen LogP contribution in [0.2, 0.25) is 0 Å². The van der Waals surface area contributed by atoms with Crippen molar-refractivity contribution in [2.24, 2.45) is 5.92 Å². The van der Waals surface area contributed by atoms with Crippen molar-refractivity contribution in [3.05, 3.63) is 47.5 Å². The van der Waals surface area contributed by atoms with Crippen molar-refractivity contribution < 1.29 is 4.74 Å². The van der Waals surface area contributed by atoms with Gasteiger partial charge in [-0.3, -0.25) is 4.90 Å². The maximum Gasteiger partial charge on any atom is 0.123 e. The van der Waals surface area contributed by atoms with Gasteiger partial charge in [0.05, 0.1) is 12.0 Å². The summed E-state index contributed by atoms with van der Waals surface area (Å²) in [6.45, 7) is 7.70. The van der Waals surface area contributed by atoms with Crippen LogP contribution in [0.4, 0.5) is 0 Å². The van der Waals surface area contributed by atoms with E-state index in [9.17, 15) is 0 Å². The summed E-state index contributed by atoms with van der Waals surface area (Å²) in [6, 6.07) is 9.30. The number of hydrogen-bond acceptors (Lipinski definition) is 2. The Morgan fingerprint density at radius 1 is 1.30 bits per heavy atom. The Labute approximate surface area is 122 Å². The van der Waals surface area contributed by atoms with Crippen LogP contribution < -0.4 is 0 Å². The van der Waals surface area contributed by atoms with E-state index in [1.165, 1.54) is 11.1 Å². The fourth-order valence-corrected chi connectivity index (χ4v) is 3.82. The topological polar surface area (TPSA) is 12.5 Å². The average Bonchev–Trinajstić information content (AvgIpc) is 2.82. The monoisotopic (exact) mass is 271 g/mol. The maximum absolute atomic E-state index is 6.21. The molecule has 0 amide bonds. The number of ether oxygens (including phenoxy) is 1. The molecule has 1 aliphatic heterocycles. The van der Waals surface area contributed by atoms with Crippen molar-refractivity contribution in [2.75, 3.05) is 13.7 Å². The molecule has 1 fully saturated rings. The lowest BCUT2D eigenvalue weighted by Gasteiger charge is -2.40. The molecule has 0 N–H and O–H groups in total. The largest absolute Gasteiger partial charge is 0.360 e. The van der Waals surface area contributed by atoms with Crippen LogP contribution >= 0.6 is 0 Å². The Morgan fingerprint density at radius 3 is 2.75 bits per heavy atom. The highest BCUT2D eigenvalue weighted by molar-refractivity contribution is 5.43. The predicted octanol–water partition coefficient (Wildman–Crippen LogP) is 3.37. The Balaban J connectivity index is 1.97. The summed E-state index contributed by atoms with van der Waals surface area (Å²) >= 11 is 0. The number of fused-ring (bicyclic) bond motifs is 1. The summed E-state index contributed by atoms with van der Waals surface area (Å²) in [6.07, 6.45) is 5.81. The number of rotatable bonds is 2. The predicted molar refractivity (Wildman–Crippen MR) is 82.8 cm³/mol. The van der Waals surface area contributed by atoms with E-state index in [0.717, 1.165) is 13.0 Å². The van der Waals surface area contributed by atoms with Crippen LogP contribution in [0.25, 0.3) is 0 Å². The fourth-order valence-electron chi connectivity index (χ4n) is 3.82. The molecule has 2 nitrogen and oxygen atoms in total. The van der Waals surface area contributed by atoms with Gasteiger partial charge < -0.3 is 4.74 Å². The number of nitrogens with zero attached hydrogens (tertiary/aromatic N) is 1. The van der Waals surface area contributed by atoms with E-state index in [2.05, 4.69) is 69.1 Å². The van der Waals surface area contributed by atoms with Gasteiger partial charge in [-0.1, -0.05) is 50.3 Å². The summed E-state index contributed by atoms with van der Waals surface area (Å²) in [5.74, 6) is 0.622. The quantitative estimate of drug-likeness (QED) is 0.765. The van der Waals surface area contributed by atoms with Gasteiger partial charge in [-0.15, -0.1) is 0 Å². The van der Waals surface area contributed by atoms with E-state index >= 15 is 0 Å². The van der Waals surface area contributed by atoms with Crippen molar-refractivity contribution in [3.8, 4) is 0 Å². The highest BCUT2D eigenvalue weighted by atomic mass is 16.5. The molecule has 2 aliphatic rings. The summed E-state index contributed by atoms with van der Waals surface area (Å²) in [5, 5.41) is 0. The van der Waals surface area contributed by atoms with Gasteiger partial charge >= 0.3 is 0 Å². The second kappa shape index (κ2) is 5.01. The van der Waals surface area contributed by atoms with Gasteiger partial charge in [-0.05, 0) is 37.4 Å². The highest BCUT2D eigenvalue weighted by Gasteiger charge is 2.46. The molecule has 0 aromatic heterocycles. The van der Waals surface area contributed by atoms with E-state index in [4.69, 9.17) is 4.74 Å². The summed E-state index contributed by atoms with van der Waals surface area (Å²) in [4.78, 5) is 2.43. The van der Waals surface area contributed by atoms with Crippen LogP contribution in [0.1, 0.15) is 31.9 Å². The molecule has 0 bridgehead atoms. The number of likely N-dealkylation sites (N-methyl/N-ethyl adjacent to an activating group) is 1. The third-order valence-corrected chi connectivity index (χ3v) is 5.00. The minimum Gasteiger partial charge on any atom is -0.360 e. The lowest BCUT2D eigenvalue weighted by atomic mass is 9.74. The third kappa shape index (κ3) is 2.02. The molecule has 1 heterocycles. The normalized spacial score (nSPS) is 33.6. The van der Waals surface area contributed by atoms with E-state index in [1.54, 1.807) is 0 Å². The van der Waals surface area contributed by atoms with E-state index < -0.39 is 0 Å². The molecule has 3 atom stereocenters. The zero-order valence-electron chi connectivity index (χ0n) is 13.0. The lowest BCUT2D eigenvalue weighted by molar-refractivity contribution is -0.00212. The first-order valence-electron chi connectivity index (χ1n) is 7.63. The minimum absolute atomic E-state index is 0.0484. The molecule has 1 aromatic carbocycles. The number of benzene rings is 1. The molecule has 20 heavy (non-hydrogen) atoms. The van der Waals surface area contributed by atoms with Crippen LogP contribution in [0.3, 0.4) is 0 Å². The average molecular weight is 271 g/mol. The molecule has 0 saturated carbocycles. The van der Waals surface area contributed by atoms with Crippen LogP contribution in [-0.4, -0.2) is 30.8 Å². The van der Waals surface area contributed by atoms with Gasteiger partial charge in [0.15, 0.2) is 0 Å². The smallest absolute Gasteiger partial charge is 0.123 e. The van der Waals surface area contributed by atoms with E-state index in [1.807, 2.05) is 0 Å². The van der Waals surface area contributed by atoms with Gasteiger partial charge in [-0.25, -0.2) is 0 Å². The Kier molecular flexibility index (Phi) is 3.47. The zero-order chi connectivity index (χ0) is 14.3. The second-order valence-electron chi connectivity index (χ2n) is 6.71. The molecule has 3 rings (SSSR count). The van der Waals surface area contributed by atoms with Gasteiger partial charge in [0, 0.05) is 6.04 Å². The molecule has 1 unspecified atom stereocenters. The Bertz CT molecular complexity index is 522. The second-order valence-corrected chi connectivity index (χ2v) is 6.71. The fraction of sp³-hybridized carbons (Fsp3) is 0.556. The van der Waals surface area contributed by atoms with Crippen LogP contribution in [0.15, 0.2) is 36.4 Å². The standard InChI is InChI=1S/C18H25NO/c1-13(2)16-12-20-17(19(16)4)18(3)11-7-9-14-8-5-6-10-15(14)18/h5-8,10-11,13,16-17H,9,12H2,1-4H3/t16-,17?,18+/m1/s1. The summed E-state index contributed by atoms with van der Waals surface area (Å²) < 4.78 is 6.21.